The average molecular weight is 363 g/mol. The van der Waals surface area contributed by atoms with Crippen LogP contribution in [0.3, 0.4) is 0 Å². The largest absolute Gasteiger partial charge is 0.375 e. The maximum Gasteiger partial charge on any atom is 0.222 e. The first-order chi connectivity index (χ1) is 12.4. The lowest BCUT2D eigenvalue weighted by Gasteiger charge is -2.40. The Labute approximate surface area is 157 Å². The van der Waals surface area contributed by atoms with Crippen molar-refractivity contribution >= 4 is 5.91 Å². The van der Waals surface area contributed by atoms with Gasteiger partial charge in [0.2, 0.25) is 5.91 Å². The fourth-order valence-corrected chi connectivity index (χ4v) is 4.60. The highest BCUT2D eigenvalue weighted by Gasteiger charge is 2.33. The number of aromatic nitrogens is 2. The van der Waals surface area contributed by atoms with E-state index in [1.165, 1.54) is 12.0 Å². The summed E-state index contributed by atoms with van der Waals surface area (Å²) in [7, 11) is 6.10. The molecule has 0 radical (unpaired) electrons. The molecule has 3 heterocycles. The molecule has 0 aliphatic carbocycles. The second-order valence-corrected chi connectivity index (χ2v) is 8.23. The van der Waals surface area contributed by atoms with Gasteiger partial charge < -0.3 is 9.64 Å². The van der Waals surface area contributed by atoms with E-state index in [1.54, 1.807) is 0 Å². The van der Waals surface area contributed by atoms with Gasteiger partial charge in [-0.2, -0.15) is 5.10 Å². The topological polar surface area (TPSA) is 50.6 Å². The first-order valence-electron chi connectivity index (χ1n) is 10.0. The minimum Gasteiger partial charge on any atom is -0.375 e. The van der Waals surface area contributed by atoms with E-state index >= 15 is 0 Å². The number of piperidine rings is 1. The number of carbonyl (C=O) groups is 1. The molecule has 0 saturated carbocycles. The fourth-order valence-electron chi connectivity index (χ4n) is 4.60. The van der Waals surface area contributed by atoms with Crippen LogP contribution in [0.5, 0.6) is 0 Å². The van der Waals surface area contributed by atoms with Gasteiger partial charge in [0.1, 0.15) is 0 Å². The molecule has 146 valence electrons. The Morgan fingerprint density at radius 2 is 2.15 bits per heavy atom. The zero-order valence-corrected chi connectivity index (χ0v) is 16.7. The van der Waals surface area contributed by atoms with Crippen molar-refractivity contribution in [3.05, 3.63) is 18.0 Å². The second kappa shape index (κ2) is 8.53. The Bertz CT molecular complexity index is 602. The molecule has 0 bridgehead atoms. The van der Waals surface area contributed by atoms with Crippen LogP contribution in [0.15, 0.2) is 12.4 Å². The first kappa shape index (κ1) is 19.4. The highest BCUT2D eigenvalue weighted by molar-refractivity contribution is 5.75. The third-order valence-electron chi connectivity index (χ3n) is 6.01. The molecule has 2 aliphatic rings. The number of amides is 1. The highest BCUT2D eigenvalue weighted by atomic mass is 16.5. The van der Waals surface area contributed by atoms with Gasteiger partial charge in [-0.25, -0.2) is 0 Å². The summed E-state index contributed by atoms with van der Waals surface area (Å²) >= 11 is 0. The summed E-state index contributed by atoms with van der Waals surface area (Å²) in [6, 6.07) is 0.340. The number of hydrogen-bond acceptors (Lipinski definition) is 4. The predicted molar refractivity (Wildman–Crippen MR) is 102 cm³/mol. The number of likely N-dealkylation sites (tertiary alicyclic amines) is 1. The van der Waals surface area contributed by atoms with E-state index in [9.17, 15) is 4.79 Å². The van der Waals surface area contributed by atoms with E-state index in [2.05, 4.69) is 30.2 Å². The minimum absolute atomic E-state index is 0.242. The van der Waals surface area contributed by atoms with E-state index in [1.807, 2.05) is 29.9 Å². The standard InChI is InChI=1S/C20H34N4O2/c1-15-7-8-18(26-15)9-10-19(25)23(3)13-16-6-5-11-22(2)20(16)17-12-21-24(4)14-17/h12,14-16,18,20H,5-11,13H2,1-4H3/t15-,16-,18+,20+/m0/s1. The molecule has 26 heavy (non-hydrogen) atoms. The zero-order valence-electron chi connectivity index (χ0n) is 16.7. The Balaban J connectivity index is 1.55. The normalized spacial score (nSPS) is 29.8. The lowest BCUT2D eigenvalue weighted by molar-refractivity contribution is -0.131. The molecule has 0 unspecified atom stereocenters. The number of hydrogen-bond donors (Lipinski definition) is 0. The van der Waals surface area contributed by atoms with Crippen LogP contribution in [0, 0.1) is 5.92 Å². The summed E-state index contributed by atoms with van der Waals surface area (Å²) in [6.07, 6.45) is 10.7. The summed E-state index contributed by atoms with van der Waals surface area (Å²) < 4.78 is 7.71. The maximum absolute atomic E-state index is 12.6. The van der Waals surface area contributed by atoms with E-state index in [4.69, 9.17) is 4.74 Å². The van der Waals surface area contributed by atoms with Crippen LogP contribution in [-0.2, 0) is 16.6 Å². The van der Waals surface area contributed by atoms with Gasteiger partial charge in [0.25, 0.3) is 0 Å². The van der Waals surface area contributed by atoms with E-state index in [0.717, 1.165) is 38.8 Å². The molecule has 1 aromatic heterocycles. The van der Waals surface area contributed by atoms with Crippen LogP contribution < -0.4 is 0 Å². The second-order valence-electron chi connectivity index (χ2n) is 8.23. The first-order valence-corrected chi connectivity index (χ1v) is 10.0. The lowest BCUT2D eigenvalue weighted by atomic mass is 9.85. The van der Waals surface area contributed by atoms with Crippen molar-refractivity contribution in [1.29, 1.82) is 0 Å². The molecule has 2 aliphatic heterocycles. The molecular formula is C20H34N4O2. The van der Waals surface area contributed by atoms with Gasteiger partial charge in [-0.1, -0.05) is 0 Å². The molecule has 4 atom stereocenters. The van der Waals surface area contributed by atoms with Gasteiger partial charge in [-0.15, -0.1) is 0 Å². The van der Waals surface area contributed by atoms with Gasteiger partial charge in [0.15, 0.2) is 0 Å². The number of ether oxygens (including phenoxy) is 1. The average Bonchev–Trinajstić information content (AvgIpc) is 3.21. The van der Waals surface area contributed by atoms with Crippen molar-refractivity contribution in [2.75, 3.05) is 27.2 Å². The number of nitrogens with zero attached hydrogens (tertiary/aromatic N) is 4. The number of rotatable bonds is 6. The lowest BCUT2D eigenvalue weighted by Crippen LogP contribution is -2.42. The van der Waals surface area contributed by atoms with Gasteiger partial charge in [-0.05, 0) is 58.5 Å². The van der Waals surface area contributed by atoms with Crippen LogP contribution in [0.25, 0.3) is 0 Å². The quantitative estimate of drug-likeness (QED) is 0.781. The van der Waals surface area contributed by atoms with Crippen molar-refractivity contribution < 1.29 is 9.53 Å². The molecule has 0 aromatic carbocycles. The van der Waals surface area contributed by atoms with Crippen molar-refractivity contribution in [2.45, 2.75) is 63.7 Å². The monoisotopic (exact) mass is 362 g/mol. The van der Waals surface area contributed by atoms with E-state index in [-0.39, 0.29) is 12.0 Å². The van der Waals surface area contributed by atoms with Crippen LogP contribution in [-0.4, -0.2) is 64.9 Å². The Kier molecular flexibility index (Phi) is 6.35. The van der Waals surface area contributed by atoms with Crippen LogP contribution >= 0.6 is 0 Å². The van der Waals surface area contributed by atoms with Crippen LogP contribution in [0.1, 0.15) is 57.1 Å². The van der Waals surface area contributed by atoms with Crippen molar-refractivity contribution in [2.24, 2.45) is 13.0 Å². The summed E-state index contributed by atoms with van der Waals surface area (Å²) in [5, 5.41) is 4.35. The molecule has 2 saturated heterocycles. The molecule has 6 nitrogen and oxygen atoms in total. The van der Waals surface area contributed by atoms with E-state index in [0.29, 0.717) is 24.5 Å². The zero-order chi connectivity index (χ0) is 18.7. The summed E-state index contributed by atoms with van der Waals surface area (Å²) in [5.41, 5.74) is 1.26. The van der Waals surface area contributed by atoms with Crippen molar-refractivity contribution in [3.63, 3.8) is 0 Å². The third-order valence-corrected chi connectivity index (χ3v) is 6.01. The van der Waals surface area contributed by atoms with E-state index < -0.39 is 0 Å². The molecule has 0 N–H and O–H groups in total. The Hall–Kier alpha value is -1.40. The Morgan fingerprint density at radius 1 is 1.35 bits per heavy atom. The van der Waals surface area contributed by atoms with Gasteiger partial charge in [0.05, 0.1) is 18.4 Å². The predicted octanol–water partition coefficient (Wildman–Crippen LogP) is 2.61. The summed E-state index contributed by atoms with van der Waals surface area (Å²) in [4.78, 5) is 17.0. The van der Waals surface area contributed by atoms with Gasteiger partial charge in [-0.3, -0.25) is 14.4 Å². The minimum atomic E-state index is 0.242. The fraction of sp³-hybridized carbons (Fsp3) is 0.800. The SMILES string of the molecule is C[C@H]1CC[C@H](CCC(=O)N(C)C[C@@H]2CCCN(C)[C@H]2c2cnn(C)c2)O1. The number of carbonyl (C=O) groups excluding carboxylic acids is 1. The van der Waals surface area contributed by atoms with Crippen molar-refractivity contribution in [1.82, 2.24) is 19.6 Å². The van der Waals surface area contributed by atoms with Crippen LogP contribution in [0.4, 0.5) is 0 Å². The molecule has 6 heteroatoms. The molecule has 1 aromatic rings. The smallest absolute Gasteiger partial charge is 0.222 e. The molecular weight excluding hydrogens is 328 g/mol. The molecule has 1 amide bonds. The third kappa shape index (κ3) is 4.65. The van der Waals surface area contributed by atoms with Crippen LogP contribution in [0.2, 0.25) is 0 Å². The molecule has 0 spiro atoms. The Morgan fingerprint density at radius 3 is 2.81 bits per heavy atom. The van der Waals surface area contributed by atoms with Gasteiger partial charge in [0, 0.05) is 44.9 Å². The summed E-state index contributed by atoms with van der Waals surface area (Å²) in [5.74, 6) is 0.695. The van der Waals surface area contributed by atoms with Gasteiger partial charge >= 0.3 is 0 Å². The maximum atomic E-state index is 12.6. The summed E-state index contributed by atoms with van der Waals surface area (Å²) in [6.45, 7) is 4.03. The van der Waals surface area contributed by atoms with Crippen molar-refractivity contribution in [3.8, 4) is 0 Å². The highest BCUT2D eigenvalue weighted by Crippen LogP contribution is 2.35. The number of aryl methyl sites for hydroxylation is 1. The molecule has 3 rings (SSSR count). The molecule has 2 fully saturated rings.